The molecule has 0 bridgehead atoms. The summed E-state index contributed by atoms with van der Waals surface area (Å²) in [5.74, 6) is -2.74. The largest absolute Gasteiger partial charge is 0.468 e. The van der Waals surface area contributed by atoms with E-state index in [-0.39, 0.29) is 11.8 Å². The number of imide groups is 1. The second kappa shape index (κ2) is 6.56. The van der Waals surface area contributed by atoms with E-state index in [9.17, 15) is 14.4 Å². The number of methoxy groups -OCH3 is 1. The summed E-state index contributed by atoms with van der Waals surface area (Å²) in [5, 5.41) is 3.27. The normalized spacial score (nSPS) is 29.1. The number of nitrogens with one attached hydrogen (secondary N) is 1. The van der Waals surface area contributed by atoms with E-state index in [0.29, 0.717) is 5.69 Å². The summed E-state index contributed by atoms with van der Waals surface area (Å²) in [4.78, 5) is 40.6. The van der Waals surface area contributed by atoms with Crippen LogP contribution in [0.5, 0.6) is 0 Å². The monoisotopic (exact) mass is 378 g/mol. The van der Waals surface area contributed by atoms with Crippen molar-refractivity contribution in [3.63, 3.8) is 0 Å². The van der Waals surface area contributed by atoms with Gasteiger partial charge in [0.2, 0.25) is 11.8 Å². The predicted octanol–water partition coefficient (Wildman–Crippen LogP) is 2.38. The molecule has 144 valence electrons. The predicted molar refractivity (Wildman–Crippen MR) is 103 cm³/mol. The molecule has 2 fully saturated rings. The molecule has 0 radical (unpaired) electrons. The van der Waals surface area contributed by atoms with Gasteiger partial charge in [0.1, 0.15) is 5.54 Å². The molecule has 2 aliphatic heterocycles. The number of aryl methyl sites for hydroxylation is 1. The molecule has 6 heteroatoms. The molecule has 4 atom stereocenters. The molecular weight excluding hydrogens is 356 g/mol. The number of hydrogen-bond donors (Lipinski definition) is 1. The number of nitrogens with zero attached hydrogens (tertiary/aromatic N) is 1. The third-order valence-electron chi connectivity index (χ3n) is 5.93. The minimum atomic E-state index is -1.29. The Hall–Kier alpha value is -2.99. The van der Waals surface area contributed by atoms with Crippen molar-refractivity contribution in [2.45, 2.75) is 25.4 Å². The third-order valence-corrected chi connectivity index (χ3v) is 5.93. The standard InChI is InChI=1S/C22H22N2O4/c1-13-9-7-8-12-15(13)18-16-17(22(2,23-18)21(27)28-3)20(26)24(19(16)25)14-10-5-4-6-11-14/h4-12,16-18,23H,1-3H3/t16-,17-,18-,22-/m1/s1. The van der Waals surface area contributed by atoms with E-state index in [1.165, 1.54) is 12.0 Å². The number of carbonyl (C=O) groups excluding carboxylic acids is 3. The van der Waals surface area contributed by atoms with Crippen LogP contribution in [0.4, 0.5) is 5.69 Å². The second-order valence-corrected chi connectivity index (χ2v) is 7.52. The number of fused-ring (bicyclic) bond motifs is 1. The maximum absolute atomic E-state index is 13.4. The molecule has 2 amide bonds. The maximum Gasteiger partial charge on any atom is 0.326 e. The van der Waals surface area contributed by atoms with E-state index in [0.717, 1.165) is 11.1 Å². The van der Waals surface area contributed by atoms with Gasteiger partial charge in [0.15, 0.2) is 0 Å². The van der Waals surface area contributed by atoms with Gasteiger partial charge in [0.25, 0.3) is 0 Å². The Morgan fingerprint density at radius 1 is 1.04 bits per heavy atom. The Labute approximate surface area is 163 Å². The van der Waals surface area contributed by atoms with Gasteiger partial charge in [-0.15, -0.1) is 0 Å². The molecule has 2 saturated heterocycles. The van der Waals surface area contributed by atoms with Gasteiger partial charge in [-0.25, -0.2) is 4.90 Å². The highest BCUT2D eigenvalue weighted by Gasteiger charge is 2.67. The Bertz CT molecular complexity index is 958. The van der Waals surface area contributed by atoms with Crippen LogP contribution in [-0.4, -0.2) is 30.4 Å². The maximum atomic E-state index is 13.4. The number of benzene rings is 2. The molecule has 0 spiro atoms. The van der Waals surface area contributed by atoms with Gasteiger partial charge in [-0.05, 0) is 37.1 Å². The number of esters is 1. The van der Waals surface area contributed by atoms with E-state index < -0.39 is 29.4 Å². The van der Waals surface area contributed by atoms with E-state index in [4.69, 9.17) is 4.74 Å². The minimum absolute atomic E-state index is 0.297. The van der Waals surface area contributed by atoms with Crippen molar-refractivity contribution in [2.75, 3.05) is 12.0 Å². The van der Waals surface area contributed by atoms with E-state index >= 15 is 0 Å². The number of ether oxygens (including phenoxy) is 1. The van der Waals surface area contributed by atoms with Gasteiger partial charge in [-0.1, -0.05) is 42.5 Å². The van der Waals surface area contributed by atoms with Crippen molar-refractivity contribution in [1.29, 1.82) is 0 Å². The summed E-state index contributed by atoms with van der Waals surface area (Å²) in [6, 6.07) is 16.1. The SMILES string of the molecule is COC(=O)[C@]1(C)N[C@H](c2ccccc2C)[C@@H]2C(=O)N(c3ccccc3)C(=O)[C@@H]21. The lowest BCUT2D eigenvalue weighted by atomic mass is 9.80. The first kappa shape index (κ1) is 18.4. The summed E-state index contributed by atoms with van der Waals surface area (Å²) in [7, 11) is 1.29. The van der Waals surface area contributed by atoms with Crippen LogP contribution in [0.2, 0.25) is 0 Å². The topological polar surface area (TPSA) is 75.7 Å². The van der Waals surface area contributed by atoms with Gasteiger partial charge in [0, 0.05) is 6.04 Å². The fourth-order valence-corrected chi connectivity index (χ4v) is 4.57. The molecule has 1 N–H and O–H groups in total. The molecule has 0 unspecified atom stereocenters. The average Bonchev–Trinajstić information content (AvgIpc) is 3.16. The molecule has 6 nitrogen and oxygen atoms in total. The first-order chi connectivity index (χ1) is 13.4. The van der Waals surface area contributed by atoms with Gasteiger partial charge in [-0.2, -0.15) is 0 Å². The van der Waals surface area contributed by atoms with Gasteiger partial charge >= 0.3 is 5.97 Å². The molecule has 2 aromatic rings. The Morgan fingerprint density at radius 2 is 1.68 bits per heavy atom. The summed E-state index contributed by atoms with van der Waals surface area (Å²) in [5.41, 5.74) is 1.12. The highest BCUT2D eigenvalue weighted by atomic mass is 16.5. The highest BCUT2D eigenvalue weighted by molar-refractivity contribution is 6.24. The average molecular weight is 378 g/mol. The zero-order valence-electron chi connectivity index (χ0n) is 16.0. The van der Waals surface area contributed by atoms with Crippen LogP contribution < -0.4 is 10.2 Å². The number of para-hydroxylation sites is 1. The van der Waals surface area contributed by atoms with Crippen LogP contribution in [0.1, 0.15) is 24.1 Å². The zero-order chi connectivity index (χ0) is 20.1. The lowest BCUT2D eigenvalue weighted by Crippen LogP contribution is -2.54. The third kappa shape index (κ3) is 2.48. The fraction of sp³-hybridized carbons (Fsp3) is 0.318. The van der Waals surface area contributed by atoms with Crippen molar-refractivity contribution in [2.24, 2.45) is 11.8 Å². The first-order valence-corrected chi connectivity index (χ1v) is 9.24. The summed E-state index contributed by atoms with van der Waals surface area (Å²) < 4.78 is 5.00. The Morgan fingerprint density at radius 3 is 2.32 bits per heavy atom. The summed E-state index contributed by atoms with van der Waals surface area (Å²) >= 11 is 0. The van der Waals surface area contributed by atoms with Crippen molar-refractivity contribution in [1.82, 2.24) is 5.32 Å². The quantitative estimate of drug-likeness (QED) is 0.656. The minimum Gasteiger partial charge on any atom is -0.468 e. The molecule has 28 heavy (non-hydrogen) atoms. The van der Waals surface area contributed by atoms with Crippen molar-refractivity contribution in [3.05, 3.63) is 65.7 Å². The number of hydrogen-bond acceptors (Lipinski definition) is 5. The molecule has 2 heterocycles. The van der Waals surface area contributed by atoms with Gasteiger partial charge in [0.05, 0.1) is 24.6 Å². The molecule has 0 aliphatic carbocycles. The molecule has 2 aliphatic rings. The van der Waals surface area contributed by atoms with Gasteiger partial charge in [-0.3, -0.25) is 19.7 Å². The van der Waals surface area contributed by atoms with Crippen molar-refractivity contribution < 1.29 is 19.1 Å². The number of anilines is 1. The van der Waals surface area contributed by atoms with Gasteiger partial charge < -0.3 is 4.74 Å². The molecule has 4 rings (SSSR count). The van der Waals surface area contributed by atoms with Crippen LogP contribution in [0.25, 0.3) is 0 Å². The number of amides is 2. The van der Waals surface area contributed by atoms with Crippen LogP contribution >= 0.6 is 0 Å². The Kier molecular flexibility index (Phi) is 4.31. The molecule has 0 saturated carbocycles. The second-order valence-electron chi connectivity index (χ2n) is 7.52. The van der Waals surface area contributed by atoms with E-state index in [1.54, 1.807) is 31.2 Å². The van der Waals surface area contributed by atoms with Crippen LogP contribution in [0.3, 0.4) is 0 Å². The van der Waals surface area contributed by atoms with Crippen molar-refractivity contribution >= 4 is 23.5 Å². The van der Waals surface area contributed by atoms with E-state index in [1.807, 2.05) is 37.3 Å². The smallest absolute Gasteiger partial charge is 0.326 e. The Balaban J connectivity index is 1.85. The van der Waals surface area contributed by atoms with E-state index in [2.05, 4.69) is 5.32 Å². The zero-order valence-corrected chi connectivity index (χ0v) is 16.0. The first-order valence-electron chi connectivity index (χ1n) is 9.24. The molecule has 2 aromatic carbocycles. The van der Waals surface area contributed by atoms with Crippen LogP contribution in [0.15, 0.2) is 54.6 Å². The molecular formula is C22H22N2O4. The van der Waals surface area contributed by atoms with Crippen LogP contribution in [0, 0.1) is 18.8 Å². The molecule has 0 aromatic heterocycles. The number of rotatable bonds is 3. The fourth-order valence-electron chi connectivity index (χ4n) is 4.57. The van der Waals surface area contributed by atoms with Crippen molar-refractivity contribution in [3.8, 4) is 0 Å². The van der Waals surface area contributed by atoms with Crippen LogP contribution in [-0.2, 0) is 19.1 Å². The summed E-state index contributed by atoms with van der Waals surface area (Å²) in [6.07, 6.45) is 0. The lowest BCUT2D eigenvalue weighted by Gasteiger charge is -2.29. The summed E-state index contributed by atoms with van der Waals surface area (Å²) in [6.45, 7) is 3.60. The lowest BCUT2D eigenvalue weighted by molar-refractivity contribution is -0.151. The number of carbonyl (C=O) groups is 3. The highest BCUT2D eigenvalue weighted by Crippen LogP contribution is 2.50.